The summed E-state index contributed by atoms with van der Waals surface area (Å²) in [5.74, 6) is -0.679. The Labute approximate surface area is 217 Å². The second kappa shape index (κ2) is 9.33. The molecular weight excluding hydrogens is 500 g/mol. The average Bonchev–Trinajstić information content (AvgIpc) is 3.35. The predicted molar refractivity (Wildman–Crippen MR) is 141 cm³/mol. The highest BCUT2D eigenvalue weighted by atomic mass is 35.5. The Morgan fingerprint density at radius 3 is 2.61 bits per heavy atom. The number of hydrogen-bond acceptors (Lipinski definition) is 7. The number of piperidine rings is 1. The fourth-order valence-electron chi connectivity index (χ4n) is 4.35. The molecule has 9 nitrogen and oxygen atoms in total. The molecular formula is C25H27ClN6O3S. The minimum atomic E-state index is -0.963. The van der Waals surface area contributed by atoms with Crippen LogP contribution in [-0.4, -0.2) is 62.4 Å². The molecule has 0 unspecified atom stereocenters. The summed E-state index contributed by atoms with van der Waals surface area (Å²) >= 11 is 7.98. The quantitative estimate of drug-likeness (QED) is 0.411. The number of rotatable bonds is 5. The summed E-state index contributed by atoms with van der Waals surface area (Å²) in [6.07, 6.45) is 3.58. The largest absolute Gasteiger partial charge is 0.509 e. The van der Waals surface area contributed by atoms with Crippen molar-refractivity contribution >= 4 is 58.0 Å². The Kier molecular flexibility index (Phi) is 6.34. The summed E-state index contributed by atoms with van der Waals surface area (Å²) in [7, 11) is 1.54. The van der Waals surface area contributed by atoms with Crippen LogP contribution < -0.4 is 10.2 Å². The minimum Gasteiger partial charge on any atom is -0.509 e. The zero-order chi connectivity index (χ0) is 25.6. The molecule has 0 bridgehead atoms. The van der Waals surface area contributed by atoms with Crippen LogP contribution in [-0.2, 0) is 9.59 Å². The van der Waals surface area contributed by atoms with Gasteiger partial charge < -0.3 is 25.2 Å². The monoisotopic (exact) mass is 526 g/mol. The number of nitrogens with zero attached hydrogens (tertiary/aromatic N) is 4. The van der Waals surface area contributed by atoms with Gasteiger partial charge in [0.15, 0.2) is 5.65 Å². The van der Waals surface area contributed by atoms with Crippen LogP contribution in [0.4, 0.5) is 11.6 Å². The number of aromatic nitrogens is 3. The Bertz CT molecular complexity index is 1400. The van der Waals surface area contributed by atoms with Gasteiger partial charge in [-0.3, -0.25) is 9.59 Å². The van der Waals surface area contributed by atoms with E-state index in [-0.39, 0.29) is 11.3 Å². The van der Waals surface area contributed by atoms with Gasteiger partial charge in [0.2, 0.25) is 5.95 Å². The number of amides is 2. The van der Waals surface area contributed by atoms with Crippen molar-refractivity contribution in [2.45, 2.75) is 48.6 Å². The first kappa shape index (κ1) is 24.5. The number of fused-ring (bicyclic) bond motifs is 1. The van der Waals surface area contributed by atoms with E-state index in [0.29, 0.717) is 26.3 Å². The first-order valence-corrected chi connectivity index (χ1v) is 13.0. The smallest absolute Gasteiger partial charge is 0.264 e. The molecule has 1 saturated heterocycles. The van der Waals surface area contributed by atoms with Crippen molar-refractivity contribution in [1.29, 1.82) is 0 Å². The van der Waals surface area contributed by atoms with Gasteiger partial charge in [-0.1, -0.05) is 29.4 Å². The third kappa shape index (κ3) is 4.28. The lowest BCUT2D eigenvalue weighted by molar-refractivity contribution is -0.129. The van der Waals surface area contributed by atoms with Gasteiger partial charge >= 0.3 is 0 Å². The molecule has 188 valence electrons. The molecule has 1 aromatic carbocycles. The molecule has 0 atom stereocenters. The number of aliphatic hydroxyl groups excluding tert-OH is 1. The fraction of sp³-hybridized carbons (Fsp3) is 0.360. The SMILES string of the molecule is CN1C(=O)C(C(=O)Nc2cccc(Sc3ccc4[nH]c(N5CCCCC5)nc4n3)c2Cl)=C(O)C1(C)C. The van der Waals surface area contributed by atoms with Crippen molar-refractivity contribution in [3.05, 3.63) is 46.7 Å². The van der Waals surface area contributed by atoms with Crippen molar-refractivity contribution < 1.29 is 14.7 Å². The number of halogens is 1. The van der Waals surface area contributed by atoms with Crippen molar-refractivity contribution in [2.24, 2.45) is 0 Å². The van der Waals surface area contributed by atoms with E-state index in [2.05, 4.69) is 25.2 Å². The van der Waals surface area contributed by atoms with Crippen LogP contribution in [0, 0.1) is 0 Å². The highest BCUT2D eigenvalue weighted by molar-refractivity contribution is 7.99. The molecule has 36 heavy (non-hydrogen) atoms. The summed E-state index contributed by atoms with van der Waals surface area (Å²) in [5, 5.41) is 14.2. The number of anilines is 2. The number of nitrogens with one attached hydrogen (secondary N) is 2. The number of likely N-dealkylation sites (N-methyl/N-ethyl adjacent to an activating group) is 1. The van der Waals surface area contributed by atoms with Crippen LogP contribution in [0.3, 0.4) is 0 Å². The summed E-state index contributed by atoms with van der Waals surface area (Å²) in [4.78, 5) is 42.4. The summed E-state index contributed by atoms with van der Waals surface area (Å²) in [6.45, 7) is 5.32. The van der Waals surface area contributed by atoms with Crippen molar-refractivity contribution in [2.75, 3.05) is 30.4 Å². The normalized spacial score (nSPS) is 17.8. The molecule has 0 saturated carbocycles. The van der Waals surface area contributed by atoms with Crippen molar-refractivity contribution in [3.8, 4) is 0 Å². The standard InChI is InChI=1S/C25H27ClN6O3S/c1-25(2)20(33)18(23(35)31(25)3)22(34)27-14-8-7-9-16(19(14)26)36-17-11-10-15-21(29-17)30-24(28-15)32-12-5-4-6-13-32/h7-11,33H,4-6,12-13H2,1-3H3,(H,27,34)(H,28,29,30). The number of aromatic amines is 1. The molecule has 5 rings (SSSR count). The molecule has 4 heterocycles. The van der Waals surface area contributed by atoms with E-state index in [9.17, 15) is 14.7 Å². The molecule has 0 spiro atoms. The molecule has 0 aliphatic carbocycles. The number of benzene rings is 1. The maximum Gasteiger partial charge on any atom is 0.264 e. The van der Waals surface area contributed by atoms with Gasteiger partial charge in [0.25, 0.3) is 11.8 Å². The van der Waals surface area contributed by atoms with Crippen LogP contribution in [0.15, 0.2) is 51.6 Å². The van der Waals surface area contributed by atoms with E-state index in [4.69, 9.17) is 11.6 Å². The maximum atomic E-state index is 12.9. The van der Waals surface area contributed by atoms with Crippen LogP contribution in [0.5, 0.6) is 0 Å². The van der Waals surface area contributed by atoms with Crippen LogP contribution in [0.2, 0.25) is 5.02 Å². The first-order valence-electron chi connectivity index (χ1n) is 11.8. The van der Waals surface area contributed by atoms with Gasteiger partial charge in [-0.05, 0) is 57.4 Å². The fourth-order valence-corrected chi connectivity index (χ4v) is 5.48. The van der Waals surface area contributed by atoms with Gasteiger partial charge in [0.1, 0.15) is 16.4 Å². The second-order valence-corrected chi connectivity index (χ2v) is 10.9. The summed E-state index contributed by atoms with van der Waals surface area (Å²) in [6, 6.07) is 9.07. The lowest BCUT2D eigenvalue weighted by Crippen LogP contribution is -2.40. The lowest BCUT2D eigenvalue weighted by Gasteiger charge is -2.27. The number of H-pyrrole nitrogens is 1. The Morgan fingerprint density at radius 1 is 1.17 bits per heavy atom. The van der Waals surface area contributed by atoms with E-state index in [1.54, 1.807) is 33.0 Å². The summed E-state index contributed by atoms with van der Waals surface area (Å²) in [5.41, 5.74) is 0.590. The van der Waals surface area contributed by atoms with E-state index >= 15 is 0 Å². The van der Waals surface area contributed by atoms with E-state index in [1.165, 1.54) is 23.1 Å². The van der Waals surface area contributed by atoms with Crippen LogP contribution in [0.25, 0.3) is 11.2 Å². The zero-order valence-corrected chi connectivity index (χ0v) is 21.8. The van der Waals surface area contributed by atoms with Gasteiger partial charge in [0, 0.05) is 25.0 Å². The maximum absolute atomic E-state index is 12.9. The zero-order valence-electron chi connectivity index (χ0n) is 20.3. The molecule has 2 aliphatic heterocycles. The number of imidazole rings is 1. The third-order valence-electron chi connectivity index (χ3n) is 6.79. The van der Waals surface area contributed by atoms with E-state index in [0.717, 1.165) is 37.4 Å². The number of carbonyl (C=O) groups excluding carboxylic acids is 2. The van der Waals surface area contributed by atoms with Gasteiger partial charge in [-0.2, -0.15) is 4.98 Å². The van der Waals surface area contributed by atoms with Gasteiger partial charge in [-0.15, -0.1) is 0 Å². The molecule has 2 aliphatic rings. The molecule has 3 N–H and O–H groups in total. The summed E-state index contributed by atoms with van der Waals surface area (Å²) < 4.78 is 0. The predicted octanol–water partition coefficient (Wildman–Crippen LogP) is 4.75. The number of hydrogen-bond donors (Lipinski definition) is 3. The molecule has 11 heteroatoms. The van der Waals surface area contributed by atoms with E-state index < -0.39 is 17.4 Å². The Morgan fingerprint density at radius 2 is 1.92 bits per heavy atom. The van der Waals surface area contributed by atoms with E-state index in [1.807, 2.05) is 18.2 Å². The lowest BCUT2D eigenvalue weighted by atomic mass is 10.0. The number of carbonyl (C=O) groups is 2. The molecule has 2 amide bonds. The highest BCUT2D eigenvalue weighted by Gasteiger charge is 2.46. The topological polar surface area (TPSA) is 114 Å². The first-order chi connectivity index (χ1) is 17.2. The molecule has 0 radical (unpaired) electrons. The number of aliphatic hydroxyl groups is 1. The third-order valence-corrected chi connectivity index (χ3v) is 8.31. The molecule has 3 aromatic rings. The second-order valence-electron chi connectivity index (χ2n) is 9.45. The Hall–Kier alpha value is -3.24. The van der Waals surface area contributed by atoms with Gasteiger partial charge in [-0.25, -0.2) is 4.98 Å². The van der Waals surface area contributed by atoms with Crippen LogP contribution in [0.1, 0.15) is 33.1 Å². The average molecular weight is 527 g/mol. The molecule has 2 aromatic heterocycles. The molecule has 1 fully saturated rings. The van der Waals surface area contributed by atoms with Crippen molar-refractivity contribution in [3.63, 3.8) is 0 Å². The van der Waals surface area contributed by atoms with Gasteiger partial charge in [0.05, 0.1) is 21.8 Å². The number of pyridine rings is 1. The van der Waals surface area contributed by atoms with Crippen molar-refractivity contribution in [1.82, 2.24) is 19.9 Å². The van der Waals surface area contributed by atoms with Crippen LogP contribution >= 0.6 is 23.4 Å². The Balaban J connectivity index is 1.36. The highest BCUT2D eigenvalue weighted by Crippen LogP contribution is 2.38. The minimum absolute atomic E-state index is 0.269.